The average Bonchev–Trinajstić information content (AvgIpc) is 2.76. The van der Waals surface area contributed by atoms with Crippen molar-refractivity contribution in [1.82, 2.24) is 20.2 Å². The van der Waals surface area contributed by atoms with Crippen LogP contribution in [0.1, 0.15) is 19.3 Å². The van der Waals surface area contributed by atoms with Gasteiger partial charge in [-0.1, -0.05) is 11.8 Å². The van der Waals surface area contributed by atoms with Gasteiger partial charge < -0.3 is 9.84 Å². The minimum Gasteiger partial charge on any atom is -0.394 e. The van der Waals surface area contributed by atoms with Crippen LogP contribution in [0.15, 0.2) is 5.16 Å². The molecule has 1 N–H and O–H groups in total. The summed E-state index contributed by atoms with van der Waals surface area (Å²) in [6, 6.07) is 0. The summed E-state index contributed by atoms with van der Waals surface area (Å²) in [4.78, 5) is 0. The van der Waals surface area contributed by atoms with Gasteiger partial charge in [-0.25, -0.2) is 4.68 Å². The van der Waals surface area contributed by atoms with Gasteiger partial charge in [-0.3, -0.25) is 0 Å². The number of aromatic nitrogens is 4. The number of nitrogens with zero attached hydrogens (tertiary/aromatic N) is 4. The Morgan fingerprint density at radius 1 is 1.50 bits per heavy atom. The molecule has 1 unspecified atom stereocenters. The molecule has 1 aromatic heterocycles. The van der Waals surface area contributed by atoms with Gasteiger partial charge in [-0.05, 0) is 29.7 Å². The number of aliphatic hydroxyl groups excluding tert-OH is 1. The first-order valence-corrected chi connectivity index (χ1v) is 6.50. The van der Waals surface area contributed by atoms with Crippen LogP contribution in [0.3, 0.4) is 0 Å². The molecule has 6 nitrogen and oxygen atoms in total. The van der Waals surface area contributed by atoms with Crippen molar-refractivity contribution >= 4 is 11.8 Å². The fourth-order valence-corrected chi connectivity index (χ4v) is 2.61. The summed E-state index contributed by atoms with van der Waals surface area (Å²) in [7, 11) is 0. The molecular weight excluding hydrogens is 228 g/mol. The third kappa shape index (κ3) is 3.16. The Morgan fingerprint density at radius 2 is 2.44 bits per heavy atom. The number of hydrogen-bond donors (Lipinski definition) is 1. The molecule has 2 rings (SSSR count). The summed E-state index contributed by atoms with van der Waals surface area (Å²) in [6.07, 6.45) is 3.85. The third-order valence-electron chi connectivity index (χ3n) is 2.48. The van der Waals surface area contributed by atoms with Gasteiger partial charge in [0.15, 0.2) is 0 Å². The fourth-order valence-electron chi connectivity index (χ4n) is 1.64. The largest absolute Gasteiger partial charge is 0.394 e. The van der Waals surface area contributed by atoms with Crippen LogP contribution in [0.4, 0.5) is 0 Å². The molecule has 1 atom stereocenters. The highest BCUT2D eigenvalue weighted by Crippen LogP contribution is 2.21. The molecule has 0 bridgehead atoms. The molecule has 1 aliphatic rings. The second-order valence-corrected chi connectivity index (χ2v) is 4.69. The molecule has 0 aromatic carbocycles. The normalized spacial score (nSPS) is 21.2. The number of hydrogen-bond acceptors (Lipinski definition) is 6. The standard InChI is InChI=1S/C9H16N4O2S/c14-5-4-13-9(10-11-12-13)16-7-8-3-1-2-6-15-8/h8,14H,1-7H2. The zero-order valence-corrected chi connectivity index (χ0v) is 9.90. The summed E-state index contributed by atoms with van der Waals surface area (Å²) in [5.74, 6) is 0.881. The molecule has 16 heavy (non-hydrogen) atoms. The number of thioether (sulfide) groups is 1. The van der Waals surface area contributed by atoms with Crippen molar-refractivity contribution < 1.29 is 9.84 Å². The number of aliphatic hydroxyl groups is 1. The first-order valence-electron chi connectivity index (χ1n) is 5.51. The zero-order valence-electron chi connectivity index (χ0n) is 9.08. The van der Waals surface area contributed by atoms with Crippen LogP contribution in [0.25, 0.3) is 0 Å². The van der Waals surface area contributed by atoms with Crippen LogP contribution < -0.4 is 0 Å². The lowest BCUT2D eigenvalue weighted by atomic mass is 10.1. The number of rotatable bonds is 5. The Kier molecular flexibility index (Phi) is 4.55. The Morgan fingerprint density at radius 3 is 3.19 bits per heavy atom. The van der Waals surface area contributed by atoms with Crippen molar-refractivity contribution in [3.63, 3.8) is 0 Å². The maximum absolute atomic E-state index is 8.83. The van der Waals surface area contributed by atoms with E-state index in [9.17, 15) is 0 Å². The smallest absolute Gasteiger partial charge is 0.209 e. The molecule has 1 fully saturated rings. The van der Waals surface area contributed by atoms with E-state index in [1.54, 1.807) is 16.4 Å². The number of ether oxygens (including phenoxy) is 1. The molecule has 0 spiro atoms. The molecule has 1 aromatic rings. The SMILES string of the molecule is OCCn1nnnc1SCC1CCCCO1. The Bertz CT molecular complexity index is 314. The predicted molar refractivity (Wildman–Crippen MR) is 59.2 cm³/mol. The molecule has 0 amide bonds. The fraction of sp³-hybridized carbons (Fsp3) is 0.889. The van der Waals surface area contributed by atoms with Crippen molar-refractivity contribution in [2.75, 3.05) is 19.0 Å². The van der Waals surface area contributed by atoms with E-state index in [0.29, 0.717) is 12.6 Å². The minimum atomic E-state index is 0.0541. The quantitative estimate of drug-likeness (QED) is 0.752. The topological polar surface area (TPSA) is 73.1 Å². The molecule has 2 heterocycles. The van der Waals surface area contributed by atoms with Crippen LogP contribution in [-0.2, 0) is 11.3 Å². The van der Waals surface area contributed by atoms with Crippen LogP contribution in [0, 0.1) is 0 Å². The van der Waals surface area contributed by atoms with E-state index in [-0.39, 0.29) is 6.61 Å². The second-order valence-electron chi connectivity index (χ2n) is 3.71. The summed E-state index contributed by atoms with van der Waals surface area (Å²) >= 11 is 1.59. The van der Waals surface area contributed by atoms with Crippen LogP contribution in [0.5, 0.6) is 0 Å². The highest BCUT2D eigenvalue weighted by atomic mass is 32.2. The van der Waals surface area contributed by atoms with Crippen LogP contribution >= 0.6 is 11.8 Å². The van der Waals surface area contributed by atoms with Crippen molar-refractivity contribution in [3.8, 4) is 0 Å². The van der Waals surface area contributed by atoms with Gasteiger partial charge in [-0.2, -0.15) is 0 Å². The van der Waals surface area contributed by atoms with Gasteiger partial charge in [0.1, 0.15) is 0 Å². The van der Waals surface area contributed by atoms with Crippen molar-refractivity contribution in [3.05, 3.63) is 0 Å². The Balaban J connectivity index is 1.81. The third-order valence-corrected chi connectivity index (χ3v) is 3.57. The first kappa shape index (κ1) is 11.8. The Labute approximate surface area is 98.4 Å². The summed E-state index contributed by atoms with van der Waals surface area (Å²) < 4.78 is 7.25. The maximum atomic E-state index is 8.83. The second kappa shape index (κ2) is 6.17. The lowest BCUT2D eigenvalue weighted by Gasteiger charge is -2.21. The molecule has 1 aliphatic heterocycles. The van der Waals surface area contributed by atoms with E-state index in [0.717, 1.165) is 23.9 Å². The molecule has 0 saturated carbocycles. The highest BCUT2D eigenvalue weighted by molar-refractivity contribution is 7.99. The first-order chi connectivity index (χ1) is 7.90. The van der Waals surface area contributed by atoms with Gasteiger partial charge >= 0.3 is 0 Å². The van der Waals surface area contributed by atoms with E-state index in [1.807, 2.05) is 0 Å². The van der Waals surface area contributed by atoms with Gasteiger partial charge in [0.25, 0.3) is 0 Å². The average molecular weight is 244 g/mol. The molecule has 90 valence electrons. The van der Waals surface area contributed by atoms with Gasteiger partial charge in [0.2, 0.25) is 5.16 Å². The Hall–Kier alpha value is -0.660. The molecule has 0 radical (unpaired) electrons. The summed E-state index contributed by atoms with van der Waals surface area (Å²) in [5, 5.41) is 20.9. The lowest BCUT2D eigenvalue weighted by Crippen LogP contribution is -2.21. The van der Waals surface area contributed by atoms with Gasteiger partial charge in [0.05, 0.1) is 19.3 Å². The van der Waals surface area contributed by atoms with Crippen LogP contribution in [0.2, 0.25) is 0 Å². The minimum absolute atomic E-state index is 0.0541. The van der Waals surface area contributed by atoms with E-state index < -0.39 is 0 Å². The van der Waals surface area contributed by atoms with Crippen molar-refractivity contribution in [2.45, 2.75) is 37.1 Å². The zero-order chi connectivity index (χ0) is 11.2. The molecular formula is C9H16N4O2S. The van der Waals surface area contributed by atoms with E-state index in [1.165, 1.54) is 12.8 Å². The van der Waals surface area contributed by atoms with Crippen molar-refractivity contribution in [2.24, 2.45) is 0 Å². The van der Waals surface area contributed by atoms with Gasteiger partial charge in [-0.15, -0.1) is 5.10 Å². The summed E-state index contributed by atoms with van der Waals surface area (Å²) in [5.41, 5.74) is 0. The van der Waals surface area contributed by atoms with Crippen molar-refractivity contribution in [1.29, 1.82) is 0 Å². The van der Waals surface area contributed by atoms with Crippen LogP contribution in [-0.4, -0.2) is 50.4 Å². The number of tetrazole rings is 1. The van der Waals surface area contributed by atoms with E-state index in [2.05, 4.69) is 15.5 Å². The molecule has 7 heteroatoms. The van der Waals surface area contributed by atoms with Gasteiger partial charge in [0, 0.05) is 12.4 Å². The summed E-state index contributed by atoms with van der Waals surface area (Å²) in [6.45, 7) is 1.37. The molecule has 1 saturated heterocycles. The monoisotopic (exact) mass is 244 g/mol. The van der Waals surface area contributed by atoms with E-state index >= 15 is 0 Å². The predicted octanol–water partition coefficient (Wildman–Crippen LogP) is 0.327. The maximum Gasteiger partial charge on any atom is 0.209 e. The highest BCUT2D eigenvalue weighted by Gasteiger charge is 2.16. The molecule has 0 aliphatic carbocycles. The lowest BCUT2D eigenvalue weighted by molar-refractivity contribution is 0.0315. The van der Waals surface area contributed by atoms with E-state index in [4.69, 9.17) is 9.84 Å².